The largest absolute Gasteiger partial charge is 0.494 e. The van der Waals surface area contributed by atoms with Gasteiger partial charge in [-0.1, -0.05) is 6.42 Å². The number of benzene rings is 1. The Morgan fingerprint density at radius 3 is 2.60 bits per heavy atom. The summed E-state index contributed by atoms with van der Waals surface area (Å²) in [5.41, 5.74) is 1.75. The molecule has 3 aromatic rings. The van der Waals surface area contributed by atoms with E-state index in [0.717, 1.165) is 49.0 Å². The van der Waals surface area contributed by atoms with Gasteiger partial charge in [0.15, 0.2) is 5.65 Å². The molecule has 0 unspecified atom stereocenters. The number of hydrogen-bond donors (Lipinski definition) is 3. The van der Waals surface area contributed by atoms with Crippen LogP contribution in [-0.2, 0) is 0 Å². The van der Waals surface area contributed by atoms with Gasteiger partial charge in [-0.05, 0) is 69.5 Å². The van der Waals surface area contributed by atoms with Gasteiger partial charge in [0.2, 0.25) is 0 Å². The minimum atomic E-state index is -0.266. The zero-order chi connectivity index (χ0) is 22.6. The number of nitrogens with one attached hydrogen (secondary N) is 3. The SMILES string of the molecule is Cl.Cl.O=C(NCCCOc1ccc2nc3[nH]c(=O)[nH]c3cc2c1)N1CCC(N2CCCCC2)CC1. The summed E-state index contributed by atoms with van der Waals surface area (Å²) >= 11 is 0. The molecule has 2 aromatic heterocycles. The van der Waals surface area contributed by atoms with Crippen molar-refractivity contribution in [1.29, 1.82) is 0 Å². The van der Waals surface area contributed by atoms with Crippen molar-refractivity contribution in [1.82, 2.24) is 30.1 Å². The van der Waals surface area contributed by atoms with Gasteiger partial charge in [-0.25, -0.2) is 14.6 Å². The first-order valence-electron chi connectivity index (χ1n) is 12.1. The molecule has 1 aromatic carbocycles. The van der Waals surface area contributed by atoms with Crippen LogP contribution in [0.1, 0.15) is 38.5 Å². The lowest BCUT2D eigenvalue weighted by molar-refractivity contribution is 0.101. The first-order valence-corrected chi connectivity index (χ1v) is 12.1. The predicted octanol–water partition coefficient (Wildman–Crippen LogP) is 3.68. The second-order valence-corrected chi connectivity index (χ2v) is 9.07. The molecular formula is C24H34Cl2N6O3. The molecule has 2 saturated heterocycles. The second-order valence-electron chi connectivity index (χ2n) is 9.07. The van der Waals surface area contributed by atoms with Crippen molar-refractivity contribution >= 4 is 52.9 Å². The standard InChI is InChI=1S/C24H32N6O3.2ClH/c31-23-27-21-16-17-15-19(5-6-20(17)26-22(21)28-23)33-14-4-9-25-24(32)30-12-7-18(8-13-30)29-10-2-1-3-11-29;;/h5-6,15-16,18H,1-4,7-14H2,(H,25,32)(H2,26,27,28,31);2*1H. The maximum Gasteiger partial charge on any atom is 0.325 e. The van der Waals surface area contributed by atoms with Crippen molar-refractivity contribution in [2.45, 2.75) is 44.6 Å². The minimum absolute atomic E-state index is 0. The average Bonchev–Trinajstić information content (AvgIpc) is 3.21. The summed E-state index contributed by atoms with van der Waals surface area (Å²) in [6.07, 6.45) is 6.88. The highest BCUT2D eigenvalue weighted by Crippen LogP contribution is 2.22. The van der Waals surface area contributed by atoms with E-state index in [1.54, 1.807) is 0 Å². The fourth-order valence-corrected chi connectivity index (χ4v) is 4.98. The maximum atomic E-state index is 12.5. The Balaban J connectivity index is 0.00000171. The number of carbonyl (C=O) groups excluding carboxylic acids is 1. The molecule has 5 rings (SSSR count). The third-order valence-corrected chi connectivity index (χ3v) is 6.79. The topological polar surface area (TPSA) is 106 Å². The molecule has 35 heavy (non-hydrogen) atoms. The van der Waals surface area contributed by atoms with E-state index >= 15 is 0 Å². The Bertz CT molecular complexity index is 1170. The molecule has 192 valence electrons. The average molecular weight is 525 g/mol. The lowest BCUT2D eigenvalue weighted by Crippen LogP contribution is -2.50. The van der Waals surface area contributed by atoms with E-state index in [4.69, 9.17) is 4.74 Å². The number of rotatable bonds is 6. The molecule has 2 aliphatic rings. The second kappa shape index (κ2) is 12.5. The normalized spacial score (nSPS) is 17.1. The number of halogens is 2. The number of pyridine rings is 1. The zero-order valence-electron chi connectivity index (χ0n) is 19.8. The molecule has 9 nitrogen and oxygen atoms in total. The number of nitrogens with zero attached hydrogens (tertiary/aromatic N) is 3. The van der Waals surface area contributed by atoms with Crippen molar-refractivity contribution in [3.05, 3.63) is 34.7 Å². The van der Waals surface area contributed by atoms with Gasteiger partial charge in [-0.15, -0.1) is 24.8 Å². The number of hydrogen-bond acceptors (Lipinski definition) is 5. The highest BCUT2D eigenvalue weighted by molar-refractivity contribution is 5.90. The molecule has 0 atom stereocenters. The van der Waals surface area contributed by atoms with Gasteiger partial charge < -0.3 is 24.8 Å². The van der Waals surface area contributed by atoms with Gasteiger partial charge >= 0.3 is 11.7 Å². The third kappa shape index (κ3) is 6.59. The number of likely N-dealkylation sites (tertiary alicyclic amines) is 2. The molecule has 0 spiro atoms. The molecule has 11 heteroatoms. The summed E-state index contributed by atoms with van der Waals surface area (Å²) in [5, 5.41) is 3.93. The molecule has 0 radical (unpaired) electrons. The Morgan fingerprint density at radius 2 is 1.83 bits per heavy atom. The Morgan fingerprint density at radius 1 is 1.06 bits per heavy atom. The van der Waals surface area contributed by atoms with Gasteiger partial charge in [0.1, 0.15) is 5.75 Å². The molecule has 4 heterocycles. The fourth-order valence-electron chi connectivity index (χ4n) is 4.98. The summed E-state index contributed by atoms with van der Waals surface area (Å²) in [4.78, 5) is 38.4. The number of urea groups is 1. The molecule has 3 N–H and O–H groups in total. The monoisotopic (exact) mass is 524 g/mol. The van der Waals surface area contributed by atoms with E-state index in [1.165, 1.54) is 32.4 Å². The van der Waals surface area contributed by atoms with Gasteiger partial charge in [0.05, 0.1) is 17.6 Å². The molecule has 2 aliphatic heterocycles. The quantitative estimate of drug-likeness (QED) is 0.426. The Hall–Kier alpha value is -2.49. The number of piperidine rings is 2. The van der Waals surface area contributed by atoms with Crippen LogP contribution in [0.5, 0.6) is 5.75 Å². The van der Waals surface area contributed by atoms with Gasteiger partial charge in [0.25, 0.3) is 0 Å². The Labute approximate surface area is 216 Å². The van der Waals surface area contributed by atoms with Crippen LogP contribution in [0.15, 0.2) is 29.1 Å². The molecule has 2 amide bonds. The third-order valence-electron chi connectivity index (χ3n) is 6.79. The van der Waals surface area contributed by atoms with E-state index in [0.29, 0.717) is 30.4 Å². The van der Waals surface area contributed by atoms with Crippen LogP contribution >= 0.6 is 24.8 Å². The van der Waals surface area contributed by atoms with Crippen LogP contribution in [0.25, 0.3) is 22.1 Å². The van der Waals surface area contributed by atoms with Crippen molar-refractivity contribution in [2.24, 2.45) is 0 Å². The summed E-state index contributed by atoms with van der Waals surface area (Å²) in [5.74, 6) is 0.743. The fraction of sp³-hybridized carbons (Fsp3) is 0.542. The number of fused-ring (bicyclic) bond motifs is 2. The number of H-pyrrole nitrogens is 2. The number of aromatic amines is 2. The highest BCUT2D eigenvalue weighted by atomic mass is 35.5. The van der Waals surface area contributed by atoms with E-state index in [9.17, 15) is 9.59 Å². The number of ether oxygens (including phenoxy) is 1. The van der Waals surface area contributed by atoms with Crippen molar-refractivity contribution in [3.63, 3.8) is 0 Å². The van der Waals surface area contributed by atoms with Gasteiger partial charge in [-0.3, -0.25) is 4.98 Å². The molecular weight excluding hydrogens is 491 g/mol. The van der Waals surface area contributed by atoms with Gasteiger partial charge in [0, 0.05) is 31.1 Å². The van der Waals surface area contributed by atoms with Crippen LogP contribution in [0.2, 0.25) is 0 Å². The summed E-state index contributed by atoms with van der Waals surface area (Å²) in [6, 6.07) is 8.23. The van der Waals surface area contributed by atoms with E-state index in [2.05, 4.69) is 25.2 Å². The summed E-state index contributed by atoms with van der Waals surface area (Å²) in [7, 11) is 0. The molecule has 0 saturated carbocycles. The first-order chi connectivity index (χ1) is 16.2. The van der Waals surface area contributed by atoms with Crippen molar-refractivity contribution in [3.8, 4) is 5.75 Å². The van der Waals surface area contributed by atoms with E-state index < -0.39 is 0 Å². The first kappa shape index (κ1) is 27.1. The van der Waals surface area contributed by atoms with Crippen LogP contribution in [0, 0.1) is 0 Å². The van der Waals surface area contributed by atoms with Crippen molar-refractivity contribution < 1.29 is 9.53 Å². The number of imidazole rings is 1. The van der Waals surface area contributed by atoms with E-state index in [1.807, 2.05) is 29.2 Å². The summed E-state index contributed by atoms with van der Waals surface area (Å²) < 4.78 is 5.86. The van der Waals surface area contributed by atoms with Crippen LogP contribution in [-0.4, -0.2) is 76.2 Å². The minimum Gasteiger partial charge on any atom is -0.494 e. The van der Waals surface area contributed by atoms with Crippen molar-refractivity contribution in [2.75, 3.05) is 39.3 Å². The van der Waals surface area contributed by atoms with E-state index in [-0.39, 0.29) is 36.5 Å². The Kier molecular flexibility index (Phi) is 9.65. The summed E-state index contributed by atoms with van der Waals surface area (Å²) in [6.45, 7) is 5.23. The lowest BCUT2D eigenvalue weighted by atomic mass is 10.0. The van der Waals surface area contributed by atoms with Gasteiger partial charge in [-0.2, -0.15) is 0 Å². The van der Waals surface area contributed by atoms with Crippen LogP contribution in [0.3, 0.4) is 0 Å². The predicted molar refractivity (Wildman–Crippen MR) is 142 cm³/mol. The molecule has 2 fully saturated rings. The maximum absolute atomic E-state index is 12.5. The highest BCUT2D eigenvalue weighted by Gasteiger charge is 2.27. The van der Waals surface area contributed by atoms with Crippen LogP contribution < -0.4 is 15.7 Å². The lowest BCUT2D eigenvalue weighted by Gasteiger charge is -2.40. The number of amides is 2. The molecule has 0 bridgehead atoms. The number of carbonyl (C=O) groups is 1. The molecule has 0 aliphatic carbocycles. The van der Waals surface area contributed by atoms with Crippen LogP contribution in [0.4, 0.5) is 4.79 Å². The zero-order valence-corrected chi connectivity index (χ0v) is 21.4. The smallest absolute Gasteiger partial charge is 0.325 e. The number of aromatic nitrogens is 3.